The van der Waals surface area contributed by atoms with Gasteiger partial charge in [-0.2, -0.15) is 10.1 Å². The van der Waals surface area contributed by atoms with Crippen LogP contribution in [0, 0.1) is 6.92 Å². The van der Waals surface area contributed by atoms with Gasteiger partial charge in [0, 0.05) is 18.8 Å². The SMILES string of the molecule is COc1c(Oc2ccccc2C(C)C)nc(NSc2cnn(C)c2)nc1-c1ccccc1C. The minimum Gasteiger partial charge on any atom is -0.490 e. The number of ether oxygens (including phenoxy) is 2. The van der Waals surface area contributed by atoms with Gasteiger partial charge in [0.05, 0.1) is 18.2 Å². The lowest BCUT2D eigenvalue weighted by Gasteiger charge is -2.18. The van der Waals surface area contributed by atoms with Crippen LogP contribution >= 0.6 is 11.9 Å². The number of rotatable bonds is 8. The quantitative estimate of drug-likeness (QED) is 0.312. The third kappa shape index (κ3) is 5.12. The molecule has 2 aromatic heterocycles. The first-order chi connectivity index (χ1) is 16.0. The number of aromatic nitrogens is 4. The van der Waals surface area contributed by atoms with Crippen molar-refractivity contribution in [3.8, 4) is 28.6 Å². The lowest BCUT2D eigenvalue weighted by molar-refractivity contribution is 0.367. The lowest BCUT2D eigenvalue weighted by atomic mass is 10.0. The maximum Gasteiger partial charge on any atom is 0.268 e. The number of benzene rings is 2. The minimum atomic E-state index is 0.295. The van der Waals surface area contributed by atoms with Gasteiger partial charge in [-0.05, 0) is 42.0 Å². The van der Waals surface area contributed by atoms with Crippen molar-refractivity contribution in [2.24, 2.45) is 7.05 Å². The Kier molecular flexibility index (Phi) is 6.84. The molecule has 0 aliphatic heterocycles. The fraction of sp³-hybridized carbons (Fsp3) is 0.240. The van der Waals surface area contributed by atoms with Gasteiger partial charge >= 0.3 is 0 Å². The zero-order valence-corrected chi connectivity index (χ0v) is 20.2. The molecule has 0 aliphatic carbocycles. The first-order valence-electron chi connectivity index (χ1n) is 10.7. The van der Waals surface area contributed by atoms with E-state index in [1.54, 1.807) is 18.0 Å². The van der Waals surface area contributed by atoms with Crippen molar-refractivity contribution in [1.29, 1.82) is 0 Å². The van der Waals surface area contributed by atoms with E-state index in [1.165, 1.54) is 11.9 Å². The summed E-state index contributed by atoms with van der Waals surface area (Å²) in [7, 11) is 3.49. The zero-order valence-electron chi connectivity index (χ0n) is 19.4. The molecule has 0 fully saturated rings. The van der Waals surface area contributed by atoms with E-state index < -0.39 is 0 Å². The molecule has 0 bridgehead atoms. The summed E-state index contributed by atoms with van der Waals surface area (Å²) in [6.45, 7) is 6.31. The molecule has 0 saturated carbocycles. The van der Waals surface area contributed by atoms with Gasteiger partial charge < -0.3 is 9.47 Å². The molecule has 0 aliphatic rings. The monoisotopic (exact) mass is 461 g/mol. The van der Waals surface area contributed by atoms with Gasteiger partial charge in [-0.25, -0.2) is 4.98 Å². The Bertz CT molecular complexity index is 1260. The largest absolute Gasteiger partial charge is 0.490 e. The summed E-state index contributed by atoms with van der Waals surface area (Å²) < 4.78 is 17.1. The van der Waals surface area contributed by atoms with Crippen molar-refractivity contribution in [2.45, 2.75) is 31.6 Å². The molecule has 0 amide bonds. The van der Waals surface area contributed by atoms with Crippen LogP contribution in [-0.2, 0) is 7.05 Å². The van der Waals surface area contributed by atoms with E-state index in [9.17, 15) is 0 Å². The molecular formula is C25H27N5O2S. The summed E-state index contributed by atoms with van der Waals surface area (Å²) in [6.07, 6.45) is 3.69. The van der Waals surface area contributed by atoms with Crippen LogP contribution in [0.1, 0.15) is 30.9 Å². The standard InChI is InChI=1S/C25H27N5O2S/c1-16(2)19-11-8-9-13-21(19)32-24-23(31-5)22(20-12-7-6-10-17(20)3)27-25(28-24)29-33-18-14-26-30(4)15-18/h6-16H,1-5H3,(H,27,28,29). The summed E-state index contributed by atoms with van der Waals surface area (Å²) in [5.74, 6) is 2.29. The highest BCUT2D eigenvalue weighted by atomic mass is 32.2. The molecule has 8 heteroatoms. The molecule has 33 heavy (non-hydrogen) atoms. The van der Waals surface area contributed by atoms with E-state index in [2.05, 4.69) is 34.7 Å². The molecule has 1 N–H and O–H groups in total. The Balaban J connectivity index is 1.80. The van der Waals surface area contributed by atoms with Gasteiger partial charge in [0.25, 0.3) is 5.88 Å². The lowest BCUT2D eigenvalue weighted by Crippen LogP contribution is -2.04. The zero-order chi connectivity index (χ0) is 23.4. The van der Waals surface area contributed by atoms with E-state index in [0.717, 1.165) is 27.3 Å². The van der Waals surface area contributed by atoms with E-state index in [-0.39, 0.29) is 0 Å². The van der Waals surface area contributed by atoms with Crippen LogP contribution in [-0.4, -0.2) is 26.9 Å². The van der Waals surface area contributed by atoms with Crippen LogP contribution in [0.4, 0.5) is 5.95 Å². The maximum atomic E-state index is 6.35. The van der Waals surface area contributed by atoms with Gasteiger partial charge in [-0.15, -0.1) is 0 Å². The van der Waals surface area contributed by atoms with Gasteiger partial charge in [-0.1, -0.05) is 56.3 Å². The van der Waals surface area contributed by atoms with Crippen LogP contribution in [0.15, 0.2) is 65.8 Å². The molecule has 7 nitrogen and oxygen atoms in total. The van der Waals surface area contributed by atoms with Crippen molar-refractivity contribution in [3.05, 3.63) is 72.1 Å². The normalized spacial score (nSPS) is 11.0. The first kappa shape index (κ1) is 22.7. The Morgan fingerprint density at radius 2 is 1.79 bits per heavy atom. The number of para-hydroxylation sites is 1. The number of methoxy groups -OCH3 is 1. The minimum absolute atomic E-state index is 0.295. The number of nitrogens with zero attached hydrogens (tertiary/aromatic N) is 4. The Morgan fingerprint density at radius 3 is 2.48 bits per heavy atom. The second-order valence-electron chi connectivity index (χ2n) is 7.90. The average Bonchev–Trinajstić information content (AvgIpc) is 3.23. The van der Waals surface area contributed by atoms with Gasteiger partial charge in [0.15, 0.2) is 0 Å². The molecule has 2 aromatic carbocycles. The summed E-state index contributed by atoms with van der Waals surface area (Å²) in [6, 6.07) is 16.0. The second-order valence-corrected chi connectivity index (χ2v) is 8.78. The molecular weight excluding hydrogens is 434 g/mol. The van der Waals surface area contributed by atoms with Crippen LogP contribution in [0.5, 0.6) is 17.4 Å². The van der Waals surface area contributed by atoms with E-state index in [0.29, 0.717) is 29.2 Å². The number of hydrogen-bond donors (Lipinski definition) is 1. The highest BCUT2D eigenvalue weighted by Crippen LogP contribution is 2.41. The van der Waals surface area contributed by atoms with Gasteiger partial charge in [-0.3, -0.25) is 9.40 Å². The number of anilines is 1. The predicted octanol–water partition coefficient (Wildman–Crippen LogP) is 6.23. The summed E-state index contributed by atoms with van der Waals surface area (Å²) >= 11 is 1.38. The molecule has 0 atom stereocenters. The van der Waals surface area contributed by atoms with Gasteiger partial charge in [0.1, 0.15) is 11.4 Å². The summed E-state index contributed by atoms with van der Waals surface area (Å²) in [5.41, 5.74) is 3.79. The van der Waals surface area contributed by atoms with Crippen molar-refractivity contribution in [1.82, 2.24) is 19.7 Å². The van der Waals surface area contributed by atoms with Crippen LogP contribution < -0.4 is 14.2 Å². The van der Waals surface area contributed by atoms with E-state index >= 15 is 0 Å². The Morgan fingerprint density at radius 1 is 1.03 bits per heavy atom. The van der Waals surface area contributed by atoms with Crippen molar-refractivity contribution in [2.75, 3.05) is 11.8 Å². The van der Waals surface area contributed by atoms with Crippen LogP contribution in [0.2, 0.25) is 0 Å². The third-order valence-electron chi connectivity index (χ3n) is 5.13. The first-order valence-corrected chi connectivity index (χ1v) is 11.5. The fourth-order valence-corrected chi connectivity index (χ4v) is 4.07. The summed E-state index contributed by atoms with van der Waals surface area (Å²) in [5, 5.41) is 4.20. The molecule has 0 unspecified atom stereocenters. The third-order valence-corrected chi connectivity index (χ3v) is 5.86. The molecule has 0 saturated heterocycles. The smallest absolute Gasteiger partial charge is 0.268 e. The maximum absolute atomic E-state index is 6.35. The number of nitrogens with one attached hydrogen (secondary N) is 1. The summed E-state index contributed by atoms with van der Waals surface area (Å²) in [4.78, 5) is 10.4. The highest BCUT2D eigenvalue weighted by molar-refractivity contribution is 8.00. The topological polar surface area (TPSA) is 74.1 Å². The Hall–Kier alpha value is -3.52. The molecule has 170 valence electrons. The van der Waals surface area contributed by atoms with Crippen LogP contribution in [0.25, 0.3) is 11.3 Å². The highest BCUT2D eigenvalue weighted by Gasteiger charge is 2.21. The van der Waals surface area contributed by atoms with E-state index in [1.807, 2.05) is 62.6 Å². The van der Waals surface area contributed by atoms with Crippen molar-refractivity contribution < 1.29 is 9.47 Å². The molecule has 2 heterocycles. The van der Waals surface area contributed by atoms with Gasteiger partial charge in [0.2, 0.25) is 11.7 Å². The Labute approximate surface area is 198 Å². The molecule has 0 radical (unpaired) electrons. The van der Waals surface area contributed by atoms with E-state index in [4.69, 9.17) is 14.5 Å². The molecule has 4 rings (SSSR count). The molecule has 4 aromatic rings. The van der Waals surface area contributed by atoms with Crippen molar-refractivity contribution >= 4 is 17.9 Å². The number of aryl methyl sites for hydroxylation is 2. The van der Waals surface area contributed by atoms with Crippen LogP contribution in [0.3, 0.4) is 0 Å². The average molecular weight is 462 g/mol. The predicted molar refractivity (Wildman–Crippen MR) is 132 cm³/mol. The van der Waals surface area contributed by atoms with Crippen molar-refractivity contribution in [3.63, 3.8) is 0 Å². The number of hydrogen-bond acceptors (Lipinski definition) is 7. The second kappa shape index (κ2) is 9.95. The molecule has 0 spiro atoms. The fourth-order valence-electron chi connectivity index (χ4n) is 3.46.